The fourth-order valence-corrected chi connectivity index (χ4v) is 4.79. The number of aromatic hydroxyl groups is 2. The van der Waals surface area contributed by atoms with Crippen molar-refractivity contribution in [1.82, 2.24) is 16.0 Å². The van der Waals surface area contributed by atoms with Crippen molar-refractivity contribution in [3.63, 3.8) is 0 Å². The van der Waals surface area contributed by atoms with Gasteiger partial charge in [0.1, 0.15) is 11.9 Å². The molecule has 2 amide bonds. The minimum Gasteiger partial charge on any atom is -0.504 e. The molecule has 0 radical (unpaired) electrons. The summed E-state index contributed by atoms with van der Waals surface area (Å²) in [4.78, 5) is 24.8. The highest BCUT2D eigenvalue weighted by molar-refractivity contribution is 5.91. The van der Waals surface area contributed by atoms with Crippen molar-refractivity contribution >= 4 is 17.9 Å². The molecule has 8 N–H and O–H groups in total. The van der Waals surface area contributed by atoms with Gasteiger partial charge in [0.25, 0.3) is 0 Å². The number of phenols is 2. The van der Waals surface area contributed by atoms with Gasteiger partial charge in [0.15, 0.2) is 23.0 Å². The number of fused-ring (bicyclic) bond motifs is 3. The predicted octanol–water partition coefficient (Wildman–Crippen LogP) is 1.05. The standard InChI is InChI=1S/C31H41N3O10/c35-18-21-16-24(38)30(41)31(42-21)44-27-17-25-20(15-23(27)37)6-9-29(40)33-12-2-1-10-32-11-3-13-34-28(39)8-5-19-4-7-22(36)26(14-19)43-25/h4-5,7-8,14-15,17,21,24,30-32,35-38,41H,1-3,6,9-13,16,18H2,(H,33,40)(H,34,39)/b8-5+/t21-,24-,30+,31-/m0/s1. The van der Waals surface area contributed by atoms with E-state index >= 15 is 0 Å². The number of aryl methyl sites for hydroxylation is 1. The van der Waals surface area contributed by atoms with Crippen LogP contribution in [0.2, 0.25) is 0 Å². The van der Waals surface area contributed by atoms with Crippen molar-refractivity contribution in [2.24, 2.45) is 0 Å². The Labute approximate surface area is 255 Å². The van der Waals surface area contributed by atoms with E-state index in [0.717, 1.165) is 32.4 Å². The quantitative estimate of drug-likeness (QED) is 0.246. The predicted molar refractivity (Wildman–Crippen MR) is 159 cm³/mol. The topological polar surface area (TPSA) is 199 Å². The molecule has 1 fully saturated rings. The van der Waals surface area contributed by atoms with Crippen LogP contribution in [0.25, 0.3) is 6.08 Å². The van der Waals surface area contributed by atoms with Gasteiger partial charge < -0.3 is 55.7 Å². The summed E-state index contributed by atoms with van der Waals surface area (Å²) in [6.45, 7) is 2.16. The summed E-state index contributed by atoms with van der Waals surface area (Å²) in [5, 5.41) is 60.5. The highest BCUT2D eigenvalue weighted by atomic mass is 16.7. The van der Waals surface area contributed by atoms with Crippen LogP contribution in [0.5, 0.6) is 28.7 Å². The van der Waals surface area contributed by atoms with E-state index in [1.54, 1.807) is 12.1 Å². The number of hydrogen-bond acceptors (Lipinski definition) is 11. The van der Waals surface area contributed by atoms with Crippen LogP contribution in [0.4, 0.5) is 0 Å². The molecular formula is C31H41N3O10. The zero-order valence-corrected chi connectivity index (χ0v) is 24.4. The second-order valence-corrected chi connectivity index (χ2v) is 10.8. The summed E-state index contributed by atoms with van der Waals surface area (Å²) in [7, 11) is 0. The third-order valence-corrected chi connectivity index (χ3v) is 7.28. The number of carbonyl (C=O) groups excluding carboxylic acids is 2. The zero-order valence-electron chi connectivity index (χ0n) is 24.4. The molecular weight excluding hydrogens is 574 g/mol. The van der Waals surface area contributed by atoms with Crippen LogP contribution in [0, 0.1) is 0 Å². The molecule has 44 heavy (non-hydrogen) atoms. The highest BCUT2D eigenvalue weighted by Gasteiger charge is 2.38. The van der Waals surface area contributed by atoms with Gasteiger partial charge in [-0.15, -0.1) is 0 Å². The van der Waals surface area contributed by atoms with Crippen LogP contribution >= 0.6 is 0 Å². The fourth-order valence-electron chi connectivity index (χ4n) is 4.79. The summed E-state index contributed by atoms with van der Waals surface area (Å²) in [5.74, 6) is -0.977. The molecule has 2 aliphatic rings. The largest absolute Gasteiger partial charge is 0.504 e. The zero-order chi connectivity index (χ0) is 31.5. The van der Waals surface area contributed by atoms with E-state index < -0.39 is 31.2 Å². The molecule has 2 aromatic carbocycles. The monoisotopic (exact) mass is 615 g/mol. The smallest absolute Gasteiger partial charge is 0.243 e. The minimum absolute atomic E-state index is 0.00147. The lowest BCUT2D eigenvalue weighted by atomic mass is 10.0. The van der Waals surface area contributed by atoms with Crippen molar-refractivity contribution in [2.75, 3.05) is 32.8 Å². The molecule has 13 heteroatoms. The molecule has 0 aromatic heterocycles. The third kappa shape index (κ3) is 9.56. The van der Waals surface area contributed by atoms with Crippen LogP contribution in [0.3, 0.4) is 0 Å². The van der Waals surface area contributed by atoms with E-state index in [1.807, 2.05) is 0 Å². The Morgan fingerprint density at radius 3 is 2.45 bits per heavy atom. The Balaban J connectivity index is 1.62. The molecule has 4 atom stereocenters. The van der Waals surface area contributed by atoms with Gasteiger partial charge in [0.05, 0.1) is 18.8 Å². The molecule has 2 bridgehead atoms. The number of rotatable bonds is 3. The highest BCUT2D eigenvalue weighted by Crippen LogP contribution is 2.40. The Hall–Kier alpha value is -3.88. The SMILES string of the molecule is O=C1/C=C/c2ccc(O)c(c2)Oc2cc(O[C@@H]3O[C@H](CO)C[C@H](O)[C@H]3O)c(O)cc2CCC(=O)NCCCCNCCCN1. The Morgan fingerprint density at radius 2 is 1.64 bits per heavy atom. The lowest BCUT2D eigenvalue weighted by Gasteiger charge is -2.36. The van der Waals surface area contributed by atoms with Gasteiger partial charge in [-0.3, -0.25) is 9.59 Å². The Kier molecular flexibility index (Phi) is 12.2. The van der Waals surface area contributed by atoms with Crippen LogP contribution < -0.4 is 25.4 Å². The number of amides is 2. The number of benzene rings is 2. The van der Waals surface area contributed by atoms with E-state index in [1.165, 1.54) is 30.3 Å². The third-order valence-electron chi connectivity index (χ3n) is 7.28. The summed E-state index contributed by atoms with van der Waals surface area (Å²) >= 11 is 0. The van der Waals surface area contributed by atoms with Crippen LogP contribution in [-0.4, -0.2) is 94.7 Å². The van der Waals surface area contributed by atoms with E-state index in [-0.39, 0.29) is 59.8 Å². The van der Waals surface area contributed by atoms with Gasteiger partial charge in [-0.25, -0.2) is 0 Å². The van der Waals surface area contributed by atoms with Gasteiger partial charge in [-0.05, 0) is 74.2 Å². The van der Waals surface area contributed by atoms with Crippen molar-refractivity contribution in [1.29, 1.82) is 0 Å². The number of nitrogens with one attached hydrogen (secondary N) is 3. The molecule has 0 unspecified atom stereocenters. The van der Waals surface area contributed by atoms with Crippen molar-refractivity contribution in [3.05, 3.63) is 47.5 Å². The van der Waals surface area contributed by atoms with E-state index in [0.29, 0.717) is 24.2 Å². The molecule has 0 saturated carbocycles. The van der Waals surface area contributed by atoms with Gasteiger partial charge in [0, 0.05) is 38.1 Å². The first kappa shape index (κ1) is 33.0. The van der Waals surface area contributed by atoms with E-state index in [2.05, 4.69) is 16.0 Å². The maximum Gasteiger partial charge on any atom is 0.243 e. The maximum absolute atomic E-state index is 12.6. The second-order valence-electron chi connectivity index (χ2n) is 10.8. The van der Waals surface area contributed by atoms with E-state index in [9.17, 15) is 35.1 Å². The van der Waals surface area contributed by atoms with Crippen LogP contribution in [-0.2, 0) is 20.7 Å². The van der Waals surface area contributed by atoms with Crippen molar-refractivity contribution in [3.8, 4) is 28.7 Å². The molecule has 13 nitrogen and oxygen atoms in total. The number of phenolic OH excluding ortho intramolecular Hbond substituents is 2. The molecule has 2 aliphatic heterocycles. The molecule has 4 rings (SSSR count). The van der Waals surface area contributed by atoms with Crippen molar-refractivity contribution in [2.45, 2.75) is 63.1 Å². The van der Waals surface area contributed by atoms with Crippen LogP contribution in [0.1, 0.15) is 43.2 Å². The first-order valence-corrected chi connectivity index (χ1v) is 14.8. The number of aliphatic hydroxyl groups is 3. The molecule has 240 valence electrons. The summed E-state index contributed by atoms with van der Waals surface area (Å²) < 4.78 is 17.3. The summed E-state index contributed by atoms with van der Waals surface area (Å²) in [6, 6.07) is 7.21. The Bertz CT molecular complexity index is 1300. The average molecular weight is 616 g/mol. The number of hydrogen-bond donors (Lipinski definition) is 8. The van der Waals surface area contributed by atoms with E-state index in [4.69, 9.17) is 14.2 Å². The second kappa shape index (κ2) is 16.3. The van der Waals surface area contributed by atoms with Gasteiger partial charge in [-0.2, -0.15) is 0 Å². The number of carbonyl (C=O) groups is 2. The number of aliphatic hydroxyl groups excluding tert-OH is 3. The molecule has 0 spiro atoms. The molecule has 1 saturated heterocycles. The van der Waals surface area contributed by atoms with Gasteiger partial charge in [-0.1, -0.05) is 6.07 Å². The first-order valence-electron chi connectivity index (χ1n) is 14.8. The normalized spacial score (nSPS) is 25.2. The lowest BCUT2D eigenvalue weighted by molar-refractivity contribution is -0.241. The van der Waals surface area contributed by atoms with Crippen molar-refractivity contribution < 1.29 is 49.3 Å². The Morgan fingerprint density at radius 1 is 0.864 bits per heavy atom. The lowest BCUT2D eigenvalue weighted by Crippen LogP contribution is -2.51. The van der Waals surface area contributed by atoms with Gasteiger partial charge in [0.2, 0.25) is 18.1 Å². The fraction of sp³-hybridized carbons (Fsp3) is 0.484. The number of ether oxygens (including phenoxy) is 3. The summed E-state index contributed by atoms with van der Waals surface area (Å²) in [5.41, 5.74) is 0.991. The summed E-state index contributed by atoms with van der Waals surface area (Å²) in [6.07, 6.45) is 0.773. The molecule has 0 aliphatic carbocycles. The van der Waals surface area contributed by atoms with Gasteiger partial charge >= 0.3 is 0 Å². The van der Waals surface area contributed by atoms with Crippen LogP contribution in [0.15, 0.2) is 36.4 Å². The minimum atomic E-state index is -1.46. The molecule has 2 heterocycles. The first-order chi connectivity index (χ1) is 21.2. The average Bonchev–Trinajstić information content (AvgIpc) is 3.00. The molecule has 2 aromatic rings. The maximum atomic E-state index is 12.6.